The highest BCUT2D eigenvalue weighted by atomic mass is 32.1. The molecule has 2 aromatic carbocycles. The molecule has 5 nitrogen and oxygen atoms in total. The molecule has 0 fully saturated rings. The van der Waals surface area contributed by atoms with E-state index in [1.54, 1.807) is 28.4 Å². The van der Waals surface area contributed by atoms with Gasteiger partial charge in [-0.05, 0) is 68.0 Å². The summed E-state index contributed by atoms with van der Waals surface area (Å²) >= 11 is 1.67. The van der Waals surface area contributed by atoms with E-state index in [1.807, 2.05) is 61.4 Å². The Morgan fingerprint density at radius 2 is 1.97 bits per heavy atom. The Hall–Kier alpha value is -3.19. The monoisotopic (exact) mass is 494 g/mol. The van der Waals surface area contributed by atoms with Crippen LogP contribution in [0, 0.1) is 12.7 Å². The highest BCUT2D eigenvalue weighted by Crippen LogP contribution is 2.34. The van der Waals surface area contributed by atoms with E-state index in [-0.39, 0.29) is 42.9 Å². The second-order valence-corrected chi connectivity index (χ2v) is 9.98. The van der Waals surface area contributed by atoms with Crippen molar-refractivity contribution < 1.29 is 18.7 Å². The number of benzene rings is 2. The van der Waals surface area contributed by atoms with Crippen LogP contribution in [0.15, 0.2) is 60.0 Å². The molecule has 0 bridgehead atoms. The van der Waals surface area contributed by atoms with Crippen molar-refractivity contribution in [2.75, 3.05) is 19.7 Å². The van der Waals surface area contributed by atoms with Crippen LogP contribution in [0.3, 0.4) is 0 Å². The predicted octanol–water partition coefficient (Wildman–Crippen LogP) is 5.64. The third-order valence-corrected chi connectivity index (χ3v) is 7.60. The van der Waals surface area contributed by atoms with Crippen LogP contribution in [0.2, 0.25) is 0 Å². The van der Waals surface area contributed by atoms with Gasteiger partial charge in [-0.2, -0.15) is 0 Å². The van der Waals surface area contributed by atoms with Gasteiger partial charge in [0, 0.05) is 29.1 Å². The van der Waals surface area contributed by atoms with Gasteiger partial charge in [-0.15, -0.1) is 11.3 Å². The highest BCUT2D eigenvalue weighted by molar-refractivity contribution is 7.10. The molecule has 0 aliphatic carbocycles. The third-order valence-electron chi connectivity index (χ3n) is 6.61. The lowest BCUT2D eigenvalue weighted by atomic mass is 10.00. The van der Waals surface area contributed by atoms with E-state index >= 15 is 0 Å². The normalized spacial score (nSPS) is 15.9. The van der Waals surface area contributed by atoms with Crippen molar-refractivity contribution in [2.45, 2.75) is 45.7 Å². The fourth-order valence-corrected chi connectivity index (χ4v) is 5.28. The second-order valence-electron chi connectivity index (χ2n) is 8.98. The van der Waals surface area contributed by atoms with Gasteiger partial charge in [0.15, 0.2) is 0 Å². The van der Waals surface area contributed by atoms with Crippen LogP contribution < -0.4 is 4.74 Å². The van der Waals surface area contributed by atoms with Crippen LogP contribution in [0.25, 0.3) is 0 Å². The summed E-state index contributed by atoms with van der Waals surface area (Å²) in [5, 5.41) is 2.03. The zero-order chi connectivity index (χ0) is 24.9. The van der Waals surface area contributed by atoms with E-state index in [9.17, 15) is 14.0 Å². The molecule has 1 aliphatic heterocycles. The first-order valence-corrected chi connectivity index (χ1v) is 12.9. The maximum Gasteiger partial charge on any atom is 0.254 e. The lowest BCUT2D eigenvalue weighted by Gasteiger charge is -2.38. The van der Waals surface area contributed by atoms with Crippen molar-refractivity contribution in [3.05, 3.63) is 87.4 Å². The Balaban J connectivity index is 1.54. The Bertz CT molecular complexity index is 1180. The number of amides is 2. The van der Waals surface area contributed by atoms with Gasteiger partial charge >= 0.3 is 0 Å². The second kappa shape index (κ2) is 11.0. The van der Waals surface area contributed by atoms with Gasteiger partial charge in [0.05, 0.1) is 6.04 Å². The zero-order valence-electron chi connectivity index (χ0n) is 20.4. The molecule has 0 unspecified atom stereocenters. The van der Waals surface area contributed by atoms with Crippen LogP contribution in [0.5, 0.6) is 5.75 Å². The number of halogens is 1. The van der Waals surface area contributed by atoms with Crippen molar-refractivity contribution in [3.63, 3.8) is 0 Å². The summed E-state index contributed by atoms with van der Waals surface area (Å²) in [6.07, 6.45) is 1.51. The molecule has 0 saturated heterocycles. The van der Waals surface area contributed by atoms with Crippen LogP contribution in [-0.4, -0.2) is 47.4 Å². The van der Waals surface area contributed by atoms with E-state index < -0.39 is 0 Å². The van der Waals surface area contributed by atoms with Gasteiger partial charge < -0.3 is 14.5 Å². The van der Waals surface area contributed by atoms with Crippen molar-refractivity contribution in [3.8, 4) is 5.75 Å². The number of thiophene rings is 1. The molecule has 2 atom stereocenters. The first-order chi connectivity index (χ1) is 16.9. The van der Waals surface area contributed by atoms with Gasteiger partial charge in [-0.25, -0.2) is 4.39 Å². The minimum atomic E-state index is -0.367. The van der Waals surface area contributed by atoms with E-state index in [2.05, 4.69) is 0 Å². The molecule has 0 radical (unpaired) electrons. The summed E-state index contributed by atoms with van der Waals surface area (Å²) < 4.78 is 19.6. The predicted molar refractivity (Wildman–Crippen MR) is 136 cm³/mol. The number of carbonyl (C=O) groups excluding carboxylic acids is 2. The molecule has 184 valence electrons. The summed E-state index contributed by atoms with van der Waals surface area (Å²) in [6.45, 7) is 6.73. The lowest BCUT2D eigenvalue weighted by Crippen LogP contribution is -2.49. The topological polar surface area (TPSA) is 49.9 Å². The minimum Gasteiger partial charge on any atom is -0.491 e. The zero-order valence-corrected chi connectivity index (χ0v) is 21.2. The number of fused-ring (bicyclic) bond motifs is 1. The average molecular weight is 495 g/mol. The Morgan fingerprint density at radius 3 is 2.69 bits per heavy atom. The maximum absolute atomic E-state index is 13.6. The van der Waals surface area contributed by atoms with Crippen LogP contribution in [-0.2, 0) is 11.2 Å². The van der Waals surface area contributed by atoms with E-state index in [0.717, 1.165) is 24.0 Å². The number of hydrogen-bond acceptors (Lipinski definition) is 4. The molecule has 0 saturated carbocycles. The van der Waals surface area contributed by atoms with E-state index in [4.69, 9.17) is 4.74 Å². The standard InChI is InChI=1S/C28H31FN2O3S/c1-4-20(3)31(28(33)21-10-8-19(2)9-11-21)17-27(32)30-14-12-26-24(13-15-35-26)25(30)18-34-23-7-5-6-22(29)16-23/h5-11,13,15-16,20,25H,4,12,14,17-18H2,1-3H3/t20-,25-/m1/s1. The Morgan fingerprint density at radius 1 is 1.20 bits per heavy atom. The molecule has 7 heteroatoms. The Kier molecular flexibility index (Phi) is 7.86. The summed E-state index contributed by atoms with van der Waals surface area (Å²) in [4.78, 5) is 31.7. The lowest BCUT2D eigenvalue weighted by molar-refractivity contribution is -0.136. The minimum absolute atomic E-state index is 0.00233. The third kappa shape index (κ3) is 5.73. The number of ether oxygens (including phenoxy) is 1. The SMILES string of the molecule is CC[C@@H](C)N(CC(=O)N1CCc2sccc2[C@H]1COc1cccc(F)c1)C(=O)c1ccc(C)cc1. The smallest absolute Gasteiger partial charge is 0.254 e. The molecule has 4 rings (SSSR count). The van der Waals surface area contributed by atoms with Gasteiger partial charge in [-0.1, -0.05) is 30.7 Å². The fraction of sp³-hybridized carbons (Fsp3) is 0.357. The molecular formula is C28H31FN2O3S. The van der Waals surface area contributed by atoms with Crippen molar-refractivity contribution in [1.82, 2.24) is 9.80 Å². The van der Waals surface area contributed by atoms with Gasteiger partial charge in [0.25, 0.3) is 5.91 Å². The van der Waals surface area contributed by atoms with Crippen LogP contribution in [0.4, 0.5) is 4.39 Å². The summed E-state index contributed by atoms with van der Waals surface area (Å²) in [5.74, 6) is -0.200. The van der Waals surface area contributed by atoms with Crippen molar-refractivity contribution in [1.29, 1.82) is 0 Å². The van der Waals surface area contributed by atoms with Gasteiger partial charge in [0.2, 0.25) is 5.91 Å². The molecule has 35 heavy (non-hydrogen) atoms. The molecule has 1 aliphatic rings. The molecule has 1 aromatic heterocycles. The van der Waals surface area contributed by atoms with Gasteiger partial charge in [-0.3, -0.25) is 9.59 Å². The molecule has 2 heterocycles. The van der Waals surface area contributed by atoms with E-state index in [1.165, 1.54) is 17.0 Å². The number of aryl methyl sites for hydroxylation is 1. The quantitative estimate of drug-likeness (QED) is 0.407. The molecule has 0 N–H and O–H groups in total. The van der Waals surface area contributed by atoms with Crippen LogP contribution >= 0.6 is 11.3 Å². The number of nitrogens with zero attached hydrogens (tertiary/aromatic N) is 2. The molecule has 0 spiro atoms. The highest BCUT2D eigenvalue weighted by Gasteiger charge is 2.34. The van der Waals surface area contributed by atoms with Gasteiger partial charge in [0.1, 0.15) is 24.7 Å². The first kappa shape index (κ1) is 24.9. The first-order valence-electron chi connectivity index (χ1n) is 12.0. The van der Waals surface area contributed by atoms with Crippen molar-refractivity contribution in [2.24, 2.45) is 0 Å². The number of hydrogen-bond donors (Lipinski definition) is 0. The molecule has 2 amide bonds. The number of rotatable bonds is 8. The summed E-state index contributed by atoms with van der Waals surface area (Å²) in [6, 6.07) is 15.1. The number of carbonyl (C=O) groups is 2. The summed E-state index contributed by atoms with van der Waals surface area (Å²) in [7, 11) is 0. The molecular weight excluding hydrogens is 463 g/mol. The van der Waals surface area contributed by atoms with E-state index in [0.29, 0.717) is 17.9 Å². The fourth-order valence-electron chi connectivity index (χ4n) is 4.35. The summed E-state index contributed by atoms with van der Waals surface area (Å²) in [5.41, 5.74) is 2.72. The van der Waals surface area contributed by atoms with Crippen LogP contribution in [0.1, 0.15) is 52.7 Å². The maximum atomic E-state index is 13.6. The Labute approximate surface area is 210 Å². The van der Waals surface area contributed by atoms with Crippen molar-refractivity contribution >= 4 is 23.2 Å². The average Bonchev–Trinajstić information content (AvgIpc) is 3.34. The largest absolute Gasteiger partial charge is 0.491 e. The molecule has 3 aromatic rings.